The molecule has 0 aliphatic carbocycles. The van der Waals surface area contributed by atoms with Gasteiger partial charge in [-0.3, -0.25) is 0 Å². The molecule has 0 unspecified atom stereocenters. The van der Waals surface area contributed by atoms with Gasteiger partial charge in [0.15, 0.2) is 0 Å². The summed E-state index contributed by atoms with van der Waals surface area (Å²) in [5.74, 6) is -0.432. The third-order valence-corrected chi connectivity index (χ3v) is 3.91. The van der Waals surface area contributed by atoms with E-state index in [1.54, 1.807) is 19.2 Å². The van der Waals surface area contributed by atoms with E-state index in [4.69, 9.17) is 23.2 Å². The average molecular weight is 341 g/mol. The van der Waals surface area contributed by atoms with Crippen LogP contribution in [0.15, 0.2) is 42.5 Å². The standard InChI is InChI=1S/C16H15Cl2FN2O/c1-21(10-12-14(18)7-4-8-15(12)19)16(22)20-9-11-5-2-3-6-13(11)17/h2-8H,9-10H2,1H3,(H,20,22). The predicted octanol–water partition coefficient (Wildman–Crippen LogP) is 4.47. The monoisotopic (exact) mass is 340 g/mol. The van der Waals surface area contributed by atoms with Gasteiger partial charge in [-0.25, -0.2) is 9.18 Å². The maximum absolute atomic E-state index is 13.7. The lowest BCUT2D eigenvalue weighted by Gasteiger charge is -2.19. The zero-order chi connectivity index (χ0) is 16.1. The first-order chi connectivity index (χ1) is 10.5. The minimum absolute atomic E-state index is 0.0832. The Labute approximate surface area is 138 Å². The van der Waals surface area contributed by atoms with E-state index >= 15 is 0 Å². The van der Waals surface area contributed by atoms with Gasteiger partial charge in [0.05, 0.1) is 6.54 Å². The number of nitrogens with one attached hydrogen (secondary N) is 1. The summed E-state index contributed by atoms with van der Waals surface area (Å²) >= 11 is 12.0. The minimum atomic E-state index is -0.432. The first-order valence-corrected chi connectivity index (χ1v) is 7.40. The molecule has 0 aliphatic rings. The lowest BCUT2D eigenvalue weighted by Crippen LogP contribution is -2.36. The maximum atomic E-state index is 13.7. The van der Waals surface area contributed by atoms with Crippen LogP contribution in [0.4, 0.5) is 9.18 Å². The van der Waals surface area contributed by atoms with E-state index in [0.717, 1.165) is 5.56 Å². The number of hydrogen-bond donors (Lipinski definition) is 1. The maximum Gasteiger partial charge on any atom is 0.317 e. The van der Waals surface area contributed by atoms with Crippen molar-refractivity contribution >= 4 is 29.2 Å². The van der Waals surface area contributed by atoms with Crippen LogP contribution in [-0.2, 0) is 13.1 Å². The largest absolute Gasteiger partial charge is 0.334 e. The SMILES string of the molecule is CN(Cc1c(F)cccc1Cl)C(=O)NCc1ccccc1Cl. The summed E-state index contributed by atoms with van der Waals surface area (Å²) in [6, 6.07) is 11.3. The summed E-state index contributed by atoms with van der Waals surface area (Å²) in [6.07, 6.45) is 0. The van der Waals surface area contributed by atoms with Crippen molar-refractivity contribution in [1.29, 1.82) is 0 Å². The molecule has 0 bridgehead atoms. The van der Waals surface area contributed by atoms with Gasteiger partial charge in [0, 0.05) is 29.2 Å². The molecule has 0 saturated carbocycles. The van der Waals surface area contributed by atoms with E-state index in [9.17, 15) is 9.18 Å². The van der Waals surface area contributed by atoms with Crippen molar-refractivity contribution in [1.82, 2.24) is 10.2 Å². The van der Waals surface area contributed by atoms with Gasteiger partial charge in [-0.1, -0.05) is 47.5 Å². The van der Waals surface area contributed by atoms with Crippen LogP contribution in [0.3, 0.4) is 0 Å². The van der Waals surface area contributed by atoms with E-state index in [1.807, 2.05) is 18.2 Å². The van der Waals surface area contributed by atoms with Crippen LogP contribution in [0.5, 0.6) is 0 Å². The molecule has 22 heavy (non-hydrogen) atoms. The molecule has 0 fully saturated rings. The fourth-order valence-electron chi connectivity index (χ4n) is 1.94. The van der Waals surface area contributed by atoms with Crippen LogP contribution < -0.4 is 5.32 Å². The number of rotatable bonds is 4. The zero-order valence-corrected chi connectivity index (χ0v) is 13.5. The molecule has 0 spiro atoms. The quantitative estimate of drug-likeness (QED) is 0.874. The van der Waals surface area contributed by atoms with Gasteiger partial charge in [0.2, 0.25) is 0 Å². The lowest BCUT2D eigenvalue weighted by atomic mass is 10.2. The molecule has 3 nitrogen and oxygen atoms in total. The normalized spacial score (nSPS) is 10.4. The van der Waals surface area contributed by atoms with Crippen LogP contribution in [0.25, 0.3) is 0 Å². The van der Waals surface area contributed by atoms with Crippen molar-refractivity contribution in [2.75, 3.05) is 7.05 Å². The van der Waals surface area contributed by atoms with Gasteiger partial charge in [-0.2, -0.15) is 0 Å². The van der Waals surface area contributed by atoms with Crippen LogP contribution in [0.1, 0.15) is 11.1 Å². The highest BCUT2D eigenvalue weighted by Gasteiger charge is 2.14. The molecule has 2 amide bonds. The van der Waals surface area contributed by atoms with Crippen molar-refractivity contribution in [3.63, 3.8) is 0 Å². The summed E-state index contributed by atoms with van der Waals surface area (Å²) < 4.78 is 13.7. The molecule has 0 saturated heterocycles. The molecule has 0 radical (unpaired) electrons. The zero-order valence-electron chi connectivity index (χ0n) is 11.9. The summed E-state index contributed by atoms with van der Waals surface area (Å²) in [4.78, 5) is 13.4. The Morgan fingerprint density at radius 3 is 2.50 bits per heavy atom. The van der Waals surface area contributed by atoms with Crippen molar-refractivity contribution in [2.45, 2.75) is 13.1 Å². The predicted molar refractivity (Wildman–Crippen MR) is 86.6 cm³/mol. The highest BCUT2D eigenvalue weighted by Crippen LogP contribution is 2.20. The second-order valence-electron chi connectivity index (χ2n) is 4.81. The third kappa shape index (κ3) is 4.12. The lowest BCUT2D eigenvalue weighted by molar-refractivity contribution is 0.206. The highest BCUT2D eigenvalue weighted by molar-refractivity contribution is 6.31. The van der Waals surface area contributed by atoms with Crippen molar-refractivity contribution < 1.29 is 9.18 Å². The molecule has 0 atom stereocenters. The van der Waals surface area contributed by atoms with Gasteiger partial charge in [-0.05, 0) is 23.8 Å². The van der Waals surface area contributed by atoms with Crippen molar-refractivity contribution in [2.24, 2.45) is 0 Å². The molecule has 116 valence electrons. The molecule has 6 heteroatoms. The molecule has 2 aromatic carbocycles. The highest BCUT2D eigenvalue weighted by atomic mass is 35.5. The van der Waals surface area contributed by atoms with Gasteiger partial charge >= 0.3 is 6.03 Å². The third-order valence-electron chi connectivity index (χ3n) is 3.19. The fourth-order valence-corrected chi connectivity index (χ4v) is 2.37. The molecule has 1 N–H and O–H groups in total. The number of urea groups is 1. The number of carbonyl (C=O) groups is 1. The summed E-state index contributed by atoms with van der Waals surface area (Å²) in [7, 11) is 1.57. The van der Waals surface area contributed by atoms with E-state index in [0.29, 0.717) is 22.2 Å². The number of amides is 2. The summed E-state index contributed by atoms with van der Waals surface area (Å²) in [6.45, 7) is 0.383. The Hall–Kier alpha value is -1.78. The molecule has 0 heterocycles. The number of carbonyl (C=O) groups excluding carboxylic acids is 1. The Morgan fingerprint density at radius 1 is 1.14 bits per heavy atom. The van der Waals surface area contributed by atoms with Gasteiger partial charge in [0.1, 0.15) is 5.82 Å². The van der Waals surface area contributed by atoms with Crippen LogP contribution >= 0.6 is 23.2 Å². The Bertz CT molecular complexity index is 659. The summed E-state index contributed by atoms with van der Waals surface area (Å²) in [5, 5.41) is 3.62. The van der Waals surface area contributed by atoms with E-state index in [1.165, 1.54) is 17.0 Å². The van der Waals surface area contributed by atoms with Gasteiger partial charge in [0.25, 0.3) is 0 Å². The Kier molecular flexibility index (Phi) is 5.63. The topological polar surface area (TPSA) is 32.3 Å². The first-order valence-electron chi connectivity index (χ1n) is 6.64. The number of halogens is 3. The Morgan fingerprint density at radius 2 is 1.82 bits per heavy atom. The second-order valence-corrected chi connectivity index (χ2v) is 5.62. The number of hydrogen-bond acceptors (Lipinski definition) is 1. The van der Waals surface area contributed by atoms with E-state index < -0.39 is 5.82 Å². The second kappa shape index (κ2) is 7.47. The Balaban J connectivity index is 1.97. The molecular formula is C16H15Cl2FN2O. The smallest absolute Gasteiger partial charge is 0.317 e. The number of nitrogens with zero attached hydrogens (tertiary/aromatic N) is 1. The molecular weight excluding hydrogens is 326 g/mol. The average Bonchev–Trinajstić information content (AvgIpc) is 2.49. The van der Waals surface area contributed by atoms with E-state index in [2.05, 4.69) is 5.32 Å². The van der Waals surface area contributed by atoms with Gasteiger partial charge in [-0.15, -0.1) is 0 Å². The van der Waals surface area contributed by atoms with Crippen molar-refractivity contribution in [3.8, 4) is 0 Å². The minimum Gasteiger partial charge on any atom is -0.334 e. The van der Waals surface area contributed by atoms with Crippen LogP contribution in [0.2, 0.25) is 10.0 Å². The van der Waals surface area contributed by atoms with Crippen LogP contribution in [0, 0.1) is 5.82 Å². The number of benzene rings is 2. The van der Waals surface area contributed by atoms with Gasteiger partial charge < -0.3 is 10.2 Å². The fraction of sp³-hybridized carbons (Fsp3) is 0.188. The molecule has 2 rings (SSSR count). The summed E-state index contributed by atoms with van der Waals surface area (Å²) in [5.41, 5.74) is 1.11. The molecule has 2 aromatic rings. The molecule has 0 aliphatic heterocycles. The first kappa shape index (κ1) is 16.6. The van der Waals surface area contributed by atoms with E-state index in [-0.39, 0.29) is 12.6 Å². The van der Waals surface area contributed by atoms with Crippen molar-refractivity contribution in [3.05, 3.63) is 69.5 Å². The molecule has 0 aromatic heterocycles. The van der Waals surface area contributed by atoms with Crippen LogP contribution in [-0.4, -0.2) is 18.0 Å².